The van der Waals surface area contributed by atoms with E-state index in [1.807, 2.05) is 18.2 Å². The highest BCUT2D eigenvalue weighted by Crippen LogP contribution is 2.45. The lowest BCUT2D eigenvalue weighted by Gasteiger charge is -2.21. The Morgan fingerprint density at radius 1 is 0.264 bits per heavy atom. The van der Waals surface area contributed by atoms with Crippen LogP contribution < -0.4 is 0 Å². The summed E-state index contributed by atoms with van der Waals surface area (Å²) in [5.74, 6) is -2.35. The Balaban J connectivity index is 5.51. The first-order valence-electron chi connectivity index (χ1n) is 41.7. The van der Waals surface area contributed by atoms with Gasteiger partial charge < -0.3 is 33.8 Å². The molecule has 0 heterocycles. The van der Waals surface area contributed by atoms with E-state index < -0.39 is 97.5 Å². The lowest BCUT2D eigenvalue weighted by molar-refractivity contribution is -0.161. The highest BCUT2D eigenvalue weighted by Gasteiger charge is 2.30. The highest BCUT2D eigenvalue weighted by molar-refractivity contribution is 7.47. The van der Waals surface area contributed by atoms with Gasteiger partial charge in [-0.2, -0.15) is 0 Å². The lowest BCUT2D eigenvalue weighted by atomic mass is 10.1. The first-order chi connectivity index (χ1) is 53.7. The maximum atomic E-state index is 13.1. The van der Waals surface area contributed by atoms with Gasteiger partial charge in [-0.3, -0.25) is 37.3 Å². The Bertz CT molecular complexity index is 2850. The fraction of sp³-hybridized carbons (Fsp3) is 0.604. The number of phosphoric acid groups is 2. The number of carbonyl (C=O) groups is 4. The molecule has 0 bridgehead atoms. The van der Waals surface area contributed by atoms with Gasteiger partial charge in [-0.15, -0.1) is 0 Å². The molecule has 0 aliphatic rings. The van der Waals surface area contributed by atoms with Gasteiger partial charge in [-0.25, -0.2) is 9.13 Å². The molecular formula is C91H146O17P2. The SMILES string of the molecule is CC/C=C\C/C=C\C/C=C\C/C=C\C/C=C\C/C=C\CCC(=O)OCC(COP(=O)(O)OCC(O)COP(=O)(O)OCC(COC(=O)CCCCCC/C=C\C/C=C\C/C=C\C/C=C\CC)OC(=O)CCCCCCC/C=C\C/C=C\C/C=C\CC)OC(=O)CCCCCCCC/C=C\C/C=C\C/C=C\CCCCC. The molecule has 0 saturated heterocycles. The predicted octanol–water partition coefficient (Wildman–Crippen LogP) is 24.9. The number of hydrogen-bond donors (Lipinski definition) is 3. The van der Waals surface area contributed by atoms with Crippen LogP contribution in [-0.2, 0) is 65.4 Å². The first kappa shape index (κ1) is 104. The van der Waals surface area contributed by atoms with Gasteiger partial charge in [0.2, 0.25) is 0 Å². The quantitative estimate of drug-likeness (QED) is 0.0169. The topological polar surface area (TPSA) is 237 Å². The highest BCUT2D eigenvalue weighted by atomic mass is 31.2. The van der Waals surface area contributed by atoms with Gasteiger partial charge in [0.15, 0.2) is 12.2 Å². The minimum Gasteiger partial charge on any atom is -0.462 e. The maximum Gasteiger partial charge on any atom is 0.472 e. The molecule has 0 amide bonds. The number of unbranched alkanes of at least 4 members (excludes halogenated alkanes) is 18. The number of aliphatic hydroxyl groups is 1. The van der Waals surface area contributed by atoms with Gasteiger partial charge in [0.05, 0.1) is 26.4 Å². The zero-order valence-electron chi connectivity index (χ0n) is 68.1. The van der Waals surface area contributed by atoms with Crippen molar-refractivity contribution in [3.63, 3.8) is 0 Å². The van der Waals surface area contributed by atoms with E-state index in [0.29, 0.717) is 32.1 Å². The third-order valence-corrected chi connectivity index (χ3v) is 18.4. The van der Waals surface area contributed by atoms with Crippen LogP contribution in [0.4, 0.5) is 0 Å². The summed E-state index contributed by atoms with van der Waals surface area (Å²) in [6, 6.07) is 0. The minimum atomic E-state index is -5.01. The average molecular weight is 1570 g/mol. The molecule has 0 radical (unpaired) electrons. The van der Waals surface area contributed by atoms with Crippen LogP contribution in [-0.4, -0.2) is 96.7 Å². The molecule has 0 spiro atoms. The summed E-state index contributed by atoms with van der Waals surface area (Å²) in [5, 5.41) is 10.7. The zero-order valence-corrected chi connectivity index (χ0v) is 69.9. The largest absolute Gasteiger partial charge is 0.472 e. The zero-order chi connectivity index (χ0) is 80.3. The number of carbonyl (C=O) groups excluding carboxylic acids is 4. The Morgan fingerprint density at radius 2 is 0.491 bits per heavy atom. The number of ether oxygens (including phenoxy) is 4. The van der Waals surface area contributed by atoms with Crippen molar-refractivity contribution in [2.75, 3.05) is 39.6 Å². The van der Waals surface area contributed by atoms with E-state index in [-0.39, 0.29) is 25.7 Å². The standard InChI is InChI=1S/C91H146O17P2/c1-5-9-13-17-21-25-29-33-37-40-42-45-49-52-56-60-64-68-72-76-89(94)102-82-87(108-91(96)78-74-70-66-62-58-54-50-46-43-41-38-34-30-26-22-18-14-10-6-2)84-106-110(99,100)104-80-85(92)79-103-109(97,98)105-83-86(107-90(95)77-73-69-65-61-57-53-47-36-32-28-24-20-16-12-8-4)81-101-88(93)75-71-67-63-59-55-51-48-44-39-35-31-27-23-19-15-11-7-3/h9,11-13,15-16,21-28,33-39,42-43,45-48,51-52,56,64,68,85-87,92H,5-8,10,14,17-20,29-32,40-41,44,49-50,53-55,57-63,65-67,69-84H2,1-4H3,(H,97,98)(H,99,100)/b13-9-,15-11-,16-12-,25-21-,26-22-,27-23-,28-24-,37-33-,38-34-,39-35-,45-42-,46-43-,47-36-,51-48-,56-52-,68-64-. The van der Waals surface area contributed by atoms with Gasteiger partial charge >= 0.3 is 39.5 Å². The van der Waals surface area contributed by atoms with Crippen LogP contribution in [0.3, 0.4) is 0 Å². The fourth-order valence-corrected chi connectivity index (χ4v) is 11.9. The number of phosphoric ester groups is 2. The molecule has 0 fully saturated rings. The van der Waals surface area contributed by atoms with Gasteiger partial charge in [-0.1, -0.05) is 293 Å². The van der Waals surface area contributed by atoms with E-state index in [4.69, 9.17) is 37.0 Å². The number of allylic oxidation sites excluding steroid dienone is 32. The molecule has 19 heteroatoms. The molecule has 3 N–H and O–H groups in total. The minimum absolute atomic E-state index is 0.0252. The second-order valence-electron chi connectivity index (χ2n) is 26.9. The predicted molar refractivity (Wildman–Crippen MR) is 454 cm³/mol. The number of aliphatic hydroxyl groups excluding tert-OH is 1. The molecule has 0 aromatic heterocycles. The fourth-order valence-electron chi connectivity index (χ4n) is 10.3. The average Bonchev–Trinajstić information content (AvgIpc) is 0.900. The van der Waals surface area contributed by atoms with Crippen molar-refractivity contribution in [2.45, 2.75) is 316 Å². The molecule has 0 aromatic rings. The molecule has 0 aliphatic heterocycles. The summed E-state index contributed by atoms with van der Waals surface area (Å²) in [7, 11) is -10.0. The second kappa shape index (κ2) is 80.9. The summed E-state index contributed by atoms with van der Waals surface area (Å²) in [6.45, 7) is 4.35. The van der Waals surface area contributed by atoms with Crippen molar-refractivity contribution in [3.05, 3.63) is 194 Å². The van der Waals surface area contributed by atoms with Crippen molar-refractivity contribution < 1.29 is 80.2 Å². The molecule has 0 aromatic carbocycles. The van der Waals surface area contributed by atoms with Crippen LogP contribution in [0.5, 0.6) is 0 Å². The molecular weight excluding hydrogens is 1430 g/mol. The summed E-state index contributed by atoms with van der Waals surface area (Å²) >= 11 is 0. The van der Waals surface area contributed by atoms with E-state index in [0.717, 1.165) is 193 Å². The van der Waals surface area contributed by atoms with E-state index >= 15 is 0 Å². The Labute approximate surface area is 666 Å². The molecule has 0 saturated carbocycles. The van der Waals surface area contributed by atoms with Crippen molar-refractivity contribution in [3.8, 4) is 0 Å². The van der Waals surface area contributed by atoms with Gasteiger partial charge in [0.25, 0.3) is 0 Å². The maximum absolute atomic E-state index is 13.1. The second-order valence-corrected chi connectivity index (χ2v) is 29.8. The van der Waals surface area contributed by atoms with Crippen molar-refractivity contribution in [1.29, 1.82) is 0 Å². The van der Waals surface area contributed by atoms with Crippen LogP contribution in [0.2, 0.25) is 0 Å². The van der Waals surface area contributed by atoms with Crippen LogP contribution in [0.1, 0.15) is 297 Å². The molecule has 110 heavy (non-hydrogen) atoms. The van der Waals surface area contributed by atoms with E-state index in [2.05, 4.69) is 204 Å². The van der Waals surface area contributed by atoms with Crippen LogP contribution in [0, 0.1) is 0 Å². The molecule has 0 rings (SSSR count). The molecule has 5 atom stereocenters. The molecule has 17 nitrogen and oxygen atoms in total. The smallest absolute Gasteiger partial charge is 0.462 e. The van der Waals surface area contributed by atoms with Crippen molar-refractivity contribution in [2.24, 2.45) is 0 Å². The van der Waals surface area contributed by atoms with Crippen LogP contribution in [0.15, 0.2) is 194 Å². The number of hydrogen-bond acceptors (Lipinski definition) is 15. The van der Waals surface area contributed by atoms with Crippen LogP contribution >= 0.6 is 15.6 Å². The van der Waals surface area contributed by atoms with Gasteiger partial charge in [0, 0.05) is 25.7 Å². The molecule has 622 valence electrons. The van der Waals surface area contributed by atoms with E-state index in [1.54, 1.807) is 0 Å². The lowest BCUT2D eigenvalue weighted by Crippen LogP contribution is -2.30. The monoisotopic (exact) mass is 1570 g/mol. The summed E-state index contributed by atoms with van der Waals surface area (Å²) in [5.41, 5.74) is 0. The normalized spacial score (nSPS) is 14.8. The Hall–Kier alpha value is -6.10. The van der Waals surface area contributed by atoms with Crippen molar-refractivity contribution >= 4 is 39.5 Å². The summed E-state index contributed by atoms with van der Waals surface area (Å²) < 4.78 is 68.6. The third kappa shape index (κ3) is 80.0. The van der Waals surface area contributed by atoms with Gasteiger partial charge in [-0.05, 0) is 173 Å². The van der Waals surface area contributed by atoms with Crippen molar-refractivity contribution in [1.82, 2.24) is 0 Å². The molecule has 0 aliphatic carbocycles. The summed E-state index contributed by atoms with van der Waals surface area (Å²) in [4.78, 5) is 73.2. The number of esters is 4. The summed E-state index contributed by atoms with van der Waals surface area (Å²) in [6.07, 6.45) is 99.8. The Morgan fingerprint density at radius 3 is 0.782 bits per heavy atom. The van der Waals surface area contributed by atoms with E-state index in [1.165, 1.54) is 19.3 Å². The van der Waals surface area contributed by atoms with E-state index in [9.17, 15) is 43.2 Å². The third-order valence-electron chi connectivity index (χ3n) is 16.5. The first-order valence-corrected chi connectivity index (χ1v) is 44.7. The Kier molecular flexibility index (Phi) is 76.4. The van der Waals surface area contributed by atoms with Gasteiger partial charge in [0.1, 0.15) is 19.3 Å². The van der Waals surface area contributed by atoms with Crippen LogP contribution in [0.25, 0.3) is 0 Å². The number of rotatable bonds is 76. The molecule has 5 unspecified atom stereocenters.